The Kier molecular flexibility index (Phi) is 5.97. The first kappa shape index (κ1) is 18.2. The molecule has 5 aromatic rings. The monoisotopic (exact) mass is 380 g/mol. The molecule has 28 heavy (non-hydrogen) atoms. The lowest BCUT2D eigenvalue weighted by Crippen LogP contribution is -2.20. The molecule has 1 nitrogen and oxygen atoms in total. The molecule has 0 aliphatic rings. The molecule has 0 unspecified atom stereocenters. The highest BCUT2D eigenvalue weighted by Crippen LogP contribution is 2.32. The minimum atomic E-state index is -0.446. The van der Waals surface area contributed by atoms with Gasteiger partial charge in [-0.25, -0.2) is 0 Å². The number of hydrogen-bond donors (Lipinski definition) is 0. The molecule has 4 aromatic carbocycles. The van der Waals surface area contributed by atoms with Crippen molar-refractivity contribution in [2.24, 2.45) is 0 Å². The number of benzene rings is 4. The third-order valence-corrected chi connectivity index (χ3v) is 6.85. The van der Waals surface area contributed by atoms with Crippen molar-refractivity contribution >= 4 is 34.8 Å². The molecule has 0 atom stereocenters. The summed E-state index contributed by atoms with van der Waals surface area (Å²) >= 11 is 0. The van der Waals surface area contributed by atoms with Crippen LogP contribution in [0.1, 0.15) is 0 Å². The highest BCUT2D eigenvalue weighted by Gasteiger charge is 2.14. The van der Waals surface area contributed by atoms with E-state index >= 15 is 0 Å². The Morgan fingerprint density at radius 2 is 0.857 bits per heavy atom. The fourth-order valence-corrected chi connectivity index (χ4v) is 5.39. The van der Waals surface area contributed by atoms with Gasteiger partial charge in [-0.1, -0.05) is 109 Å². The van der Waals surface area contributed by atoms with Crippen molar-refractivity contribution in [1.82, 2.24) is 0 Å². The van der Waals surface area contributed by atoms with Crippen LogP contribution in [0.3, 0.4) is 0 Å². The lowest BCUT2D eigenvalue weighted by atomic mass is 10.3. The van der Waals surface area contributed by atoms with E-state index in [1.54, 1.807) is 6.26 Å². The number of furan rings is 1. The normalized spacial score (nSPS) is 10.5. The van der Waals surface area contributed by atoms with E-state index in [0.717, 1.165) is 11.0 Å². The molecule has 0 saturated heterocycles. The van der Waals surface area contributed by atoms with Crippen molar-refractivity contribution in [2.75, 3.05) is 0 Å². The van der Waals surface area contributed by atoms with Gasteiger partial charge in [0, 0.05) is 5.39 Å². The van der Waals surface area contributed by atoms with E-state index in [1.165, 1.54) is 15.9 Å². The minimum absolute atomic E-state index is 0.446. The predicted molar refractivity (Wildman–Crippen MR) is 121 cm³/mol. The zero-order chi connectivity index (χ0) is 19.0. The number of para-hydroxylation sites is 1. The average molecular weight is 380 g/mol. The Bertz CT molecular complexity index is 978. The first-order valence-electron chi connectivity index (χ1n) is 9.29. The van der Waals surface area contributed by atoms with E-state index in [2.05, 4.69) is 91.0 Å². The third kappa shape index (κ3) is 4.39. The third-order valence-electron chi connectivity index (χ3n) is 4.40. The Morgan fingerprint density at radius 1 is 0.429 bits per heavy atom. The van der Waals surface area contributed by atoms with Gasteiger partial charge in [0.1, 0.15) is 5.58 Å². The van der Waals surface area contributed by atoms with Crippen LogP contribution in [0, 0.1) is 0 Å². The second-order valence-electron chi connectivity index (χ2n) is 6.30. The lowest BCUT2D eigenvalue weighted by molar-refractivity contribution is 0.616. The van der Waals surface area contributed by atoms with Gasteiger partial charge < -0.3 is 4.42 Å². The molecule has 0 radical (unpaired) electrons. The first-order chi connectivity index (χ1) is 13.9. The van der Waals surface area contributed by atoms with Gasteiger partial charge in [-0.05, 0) is 36.0 Å². The highest BCUT2D eigenvalue weighted by atomic mass is 31.1. The molecule has 0 N–H and O–H groups in total. The van der Waals surface area contributed by atoms with Crippen LogP contribution in [0.5, 0.6) is 0 Å². The molecule has 0 spiro atoms. The van der Waals surface area contributed by atoms with Gasteiger partial charge in [-0.15, -0.1) is 0 Å². The van der Waals surface area contributed by atoms with Crippen LogP contribution in [0.4, 0.5) is 0 Å². The highest BCUT2D eigenvalue weighted by molar-refractivity contribution is 7.79. The Balaban J connectivity index is 0.000000177. The van der Waals surface area contributed by atoms with Gasteiger partial charge in [0.15, 0.2) is 0 Å². The molecule has 136 valence electrons. The van der Waals surface area contributed by atoms with Crippen molar-refractivity contribution < 1.29 is 4.42 Å². The Labute approximate surface area is 167 Å². The fourth-order valence-electron chi connectivity index (χ4n) is 3.08. The summed E-state index contributed by atoms with van der Waals surface area (Å²) in [6.45, 7) is 0. The molecule has 0 bridgehead atoms. The van der Waals surface area contributed by atoms with E-state index in [0.29, 0.717) is 0 Å². The quantitative estimate of drug-likeness (QED) is 0.356. The topological polar surface area (TPSA) is 13.1 Å². The molecule has 0 aliphatic carbocycles. The summed E-state index contributed by atoms with van der Waals surface area (Å²) in [7, 11) is -0.446. The van der Waals surface area contributed by atoms with Crippen LogP contribution in [-0.2, 0) is 0 Å². The molecular weight excluding hydrogens is 359 g/mol. The summed E-state index contributed by atoms with van der Waals surface area (Å²) in [5.41, 5.74) is 0.956. The molecular formula is C26H21OP. The minimum Gasteiger partial charge on any atom is -0.464 e. The second-order valence-corrected chi connectivity index (χ2v) is 8.52. The van der Waals surface area contributed by atoms with Crippen molar-refractivity contribution in [3.05, 3.63) is 128 Å². The lowest BCUT2D eigenvalue weighted by Gasteiger charge is -2.18. The van der Waals surface area contributed by atoms with Crippen molar-refractivity contribution in [1.29, 1.82) is 0 Å². The fraction of sp³-hybridized carbons (Fsp3) is 0. The summed E-state index contributed by atoms with van der Waals surface area (Å²) in [5, 5.41) is 5.36. The molecule has 0 fully saturated rings. The number of hydrogen-bond acceptors (Lipinski definition) is 1. The average Bonchev–Trinajstić information content (AvgIpc) is 3.26. The van der Waals surface area contributed by atoms with E-state index in [4.69, 9.17) is 4.42 Å². The molecule has 1 heterocycles. The zero-order valence-electron chi connectivity index (χ0n) is 15.5. The van der Waals surface area contributed by atoms with Gasteiger partial charge >= 0.3 is 0 Å². The summed E-state index contributed by atoms with van der Waals surface area (Å²) < 4.78 is 5.12. The van der Waals surface area contributed by atoms with Crippen LogP contribution < -0.4 is 15.9 Å². The number of fused-ring (bicyclic) bond motifs is 1. The summed E-state index contributed by atoms with van der Waals surface area (Å²) in [6, 6.07) is 42.2. The van der Waals surface area contributed by atoms with Crippen LogP contribution in [0.2, 0.25) is 0 Å². The molecule has 0 amide bonds. The largest absolute Gasteiger partial charge is 0.464 e. The van der Waals surface area contributed by atoms with Gasteiger partial charge in [-0.3, -0.25) is 0 Å². The maximum Gasteiger partial charge on any atom is 0.133 e. The molecule has 0 saturated carbocycles. The van der Waals surface area contributed by atoms with Crippen LogP contribution in [0.15, 0.2) is 132 Å². The van der Waals surface area contributed by atoms with E-state index < -0.39 is 7.92 Å². The number of rotatable bonds is 3. The Hall–Kier alpha value is -3.15. The molecule has 1 aromatic heterocycles. The van der Waals surface area contributed by atoms with Gasteiger partial charge in [0.05, 0.1) is 6.26 Å². The first-order valence-corrected chi connectivity index (χ1v) is 10.6. The summed E-state index contributed by atoms with van der Waals surface area (Å²) in [4.78, 5) is 0. The van der Waals surface area contributed by atoms with Crippen molar-refractivity contribution in [3.8, 4) is 0 Å². The van der Waals surface area contributed by atoms with Gasteiger partial charge in [0.2, 0.25) is 0 Å². The van der Waals surface area contributed by atoms with Crippen LogP contribution >= 0.6 is 7.92 Å². The maximum absolute atomic E-state index is 5.12. The van der Waals surface area contributed by atoms with Crippen molar-refractivity contribution in [2.45, 2.75) is 0 Å². The van der Waals surface area contributed by atoms with Crippen molar-refractivity contribution in [3.63, 3.8) is 0 Å². The smallest absolute Gasteiger partial charge is 0.133 e. The second kappa shape index (κ2) is 9.17. The predicted octanol–water partition coefficient (Wildman–Crippen LogP) is 5.88. The SMILES string of the molecule is c1ccc(P(c2ccccc2)c2ccccc2)cc1.c1ccc2occc2c1. The Morgan fingerprint density at radius 3 is 1.32 bits per heavy atom. The van der Waals surface area contributed by atoms with Gasteiger partial charge in [0.25, 0.3) is 0 Å². The van der Waals surface area contributed by atoms with Gasteiger partial charge in [-0.2, -0.15) is 0 Å². The van der Waals surface area contributed by atoms with E-state index in [1.807, 2.05) is 30.3 Å². The standard InChI is InChI=1S/C18H15P.C8H6O/c1-4-10-16(11-5-1)19(17-12-6-2-7-13-17)18-14-8-3-9-15-18;1-2-4-8-7(3-1)5-6-9-8/h1-15H;1-6H. The molecule has 2 heteroatoms. The maximum atomic E-state index is 5.12. The van der Waals surface area contributed by atoms with E-state index in [9.17, 15) is 0 Å². The molecule has 5 rings (SSSR count). The zero-order valence-corrected chi connectivity index (χ0v) is 16.4. The van der Waals surface area contributed by atoms with Crippen LogP contribution in [-0.4, -0.2) is 0 Å². The molecule has 0 aliphatic heterocycles. The summed E-state index contributed by atoms with van der Waals surface area (Å²) in [5.74, 6) is 0. The summed E-state index contributed by atoms with van der Waals surface area (Å²) in [6.07, 6.45) is 1.70. The van der Waals surface area contributed by atoms with E-state index in [-0.39, 0.29) is 0 Å². The van der Waals surface area contributed by atoms with Crippen LogP contribution in [0.25, 0.3) is 11.0 Å².